The minimum atomic E-state index is -4.52. The number of nitrogen functional groups attached to an aromatic ring is 1. The van der Waals surface area contributed by atoms with Crippen LogP contribution in [0.4, 0.5) is 24.9 Å². The predicted molar refractivity (Wildman–Crippen MR) is 65.7 cm³/mol. The Kier molecular flexibility index (Phi) is 5.81. The average Bonchev–Trinajstić information content (AvgIpc) is 2.32. The fraction of sp³-hybridized carbons (Fsp3) is 0.636. The van der Waals surface area contributed by atoms with Crippen LogP contribution in [0.15, 0.2) is 6.07 Å². The smallest absolute Gasteiger partial charge is 0.385 e. The first-order valence-electron chi connectivity index (χ1n) is 5.88. The van der Waals surface area contributed by atoms with Crippen LogP contribution in [-0.4, -0.2) is 30.2 Å². The van der Waals surface area contributed by atoms with Crippen LogP contribution in [0.25, 0.3) is 0 Å². The molecule has 0 aliphatic carbocycles. The number of halogens is 3. The first-order valence-corrected chi connectivity index (χ1v) is 5.88. The second-order valence-corrected chi connectivity index (χ2v) is 3.97. The number of nitrogens with one attached hydrogen (secondary N) is 1. The van der Waals surface area contributed by atoms with Crippen molar-refractivity contribution in [2.75, 3.05) is 31.3 Å². The highest BCUT2D eigenvalue weighted by Gasteiger charge is 2.33. The molecule has 0 radical (unpaired) electrons. The summed E-state index contributed by atoms with van der Waals surface area (Å²) in [6.07, 6.45) is -1.87. The van der Waals surface area contributed by atoms with E-state index in [0.29, 0.717) is 13.2 Å². The van der Waals surface area contributed by atoms with Gasteiger partial charge in [0.15, 0.2) is 5.69 Å². The number of aromatic nitrogens is 2. The fourth-order valence-corrected chi connectivity index (χ4v) is 1.47. The van der Waals surface area contributed by atoms with Crippen LogP contribution in [0.2, 0.25) is 0 Å². The number of rotatable bonds is 7. The largest absolute Gasteiger partial charge is 0.433 e. The van der Waals surface area contributed by atoms with Crippen LogP contribution >= 0.6 is 0 Å². The zero-order chi connectivity index (χ0) is 14.3. The van der Waals surface area contributed by atoms with Gasteiger partial charge in [-0.05, 0) is 19.3 Å². The predicted octanol–water partition coefficient (Wildman–Crippen LogP) is 2.31. The van der Waals surface area contributed by atoms with Gasteiger partial charge in [-0.25, -0.2) is 4.98 Å². The summed E-state index contributed by atoms with van der Waals surface area (Å²) >= 11 is 0. The van der Waals surface area contributed by atoms with E-state index in [1.165, 1.54) is 0 Å². The molecule has 1 heterocycles. The number of hydrogen-bond donors (Lipinski definition) is 2. The lowest BCUT2D eigenvalue weighted by Crippen LogP contribution is -2.13. The summed E-state index contributed by atoms with van der Waals surface area (Å²) < 4.78 is 42.4. The lowest BCUT2D eigenvalue weighted by molar-refractivity contribution is -0.141. The molecular weight excluding hydrogens is 261 g/mol. The molecule has 0 fully saturated rings. The van der Waals surface area contributed by atoms with Crippen molar-refractivity contribution < 1.29 is 17.9 Å². The molecule has 0 aliphatic heterocycles. The molecule has 3 N–H and O–H groups in total. The van der Waals surface area contributed by atoms with Crippen molar-refractivity contribution in [3.63, 3.8) is 0 Å². The van der Waals surface area contributed by atoms with Gasteiger partial charge in [0.25, 0.3) is 0 Å². The zero-order valence-electron chi connectivity index (χ0n) is 10.6. The molecule has 0 bridgehead atoms. The minimum absolute atomic E-state index is 0.0894. The molecule has 5 nitrogen and oxygen atoms in total. The second-order valence-electron chi connectivity index (χ2n) is 3.97. The summed E-state index contributed by atoms with van der Waals surface area (Å²) in [5.41, 5.74) is 4.21. The van der Waals surface area contributed by atoms with E-state index in [4.69, 9.17) is 10.5 Å². The van der Waals surface area contributed by atoms with Gasteiger partial charge in [-0.3, -0.25) is 0 Å². The molecule has 0 aromatic carbocycles. The maximum atomic E-state index is 12.5. The van der Waals surface area contributed by atoms with E-state index >= 15 is 0 Å². The first kappa shape index (κ1) is 15.5. The number of nitrogens with zero attached hydrogens (tertiary/aromatic N) is 2. The maximum absolute atomic E-state index is 12.5. The van der Waals surface area contributed by atoms with Gasteiger partial charge in [0.2, 0.25) is 5.95 Å². The number of alkyl halides is 3. The van der Waals surface area contributed by atoms with Crippen LogP contribution in [0.1, 0.15) is 25.0 Å². The third kappa shape index (κ3) is 5.73. The van der Waals surface area contributed by atoms with E-state index in [0.717, 1.165) is 25.3 Å². The van der Waals surface area contributed by atoms with Gasteiger partial charge in [0.1, 0.15) is 5.82 Å². The molecule has 0 atom stereocenters. The highest BCUT2D eigenvalue weighted by molar-refractivity contribution is 5.41. The Bertz CT molecular complexity index is 398. The summed E-state index contributed by atoms with van der Waals surface area (Å²) in [4.78, 5) is 6.87. The molecule has 19 heavy (non-hydrogen) atoms. The van der Waals surface area contributed by atoms with Crippen molar-refractivity contribution >= 4 is 11.8 Å². The zero-order valence-corrected chi connectivity index (χ0v) is 10.6. The second kappa shape index (κ2) is 7.13. The summed E-state index contributed by atoms with van der Waals surface area (Å²) in [5.74, 6) is -0.303. The van der Waals surface area contributed by atoms with Gasteiger partial charge in [-0.1, -0.05) is 0 Å². The van der Waals surface area contributed by atoms with Gasteiger partial charge < -0.3 is 15.8 Å². The van der Waals surface area contributed by atoms with Gasteiger partial charge in [0, 0.05) is 26.3 Å². The molecule has 0 spiro atoms. The molecule has 0 saturated carbocycles. The quantitative estimate of drug-likeness (QED) is 0.749. The van der Waals surface area contributed by atoms with Crippen LogP contribution in [0.5, 0.6) is 0 Å². The van der Waals surface area contributed by atoms with E-state index in [-0.39, 0.29) is 5.82 Å². The number of hydrogen-bond acceptors (Lipinski definition) is 5. The molecule has 1 aromatic rings. The molecule has 0 amide bonds. The number of ether oxygens (including phenoxy) is 1. The molecule has 0 saturated heterocycles. The van der Waals surface area contributed by atoms with E-state index in [2.05, 4.69) is 15.3 Å². The molecule has 108 valence electrons. The van der Waals surface area contributed by atoms with Crippen molar-refractivity contribution in [3.05, 3.63) is 11.8 Å². The summed E-state index contributed by atoms with van der Waals surface area (Å²) in [6, 6.07) is 0.853. The van der Waals surface area contributed by atoms with E-state index in [9.17, 15) is 13.2 Å². The van der Waals surface area contributed by atoms with Crippen LogP contribution in [0, 0.1) is 0 Å². The number of nitrogens with two attached hydrogens (primary N) is 1. The molecule has 0 aliphatic rings. The van der Waals surface area contributed by atoms with Crippen LogP contribution in [-0.2, 0) is 10.9 Å². The topological polar surface area (TPSA) is 73.1 Å². The normalized spacial score (nSPS) is 11.6. The number of anilines is 2. The van der Waals surface area contributed by atoms with Crippen molar-refractivity contribution in [1.29, 1.82) is 0 Å². The summed E-state index contributed by atoms with van der Waals surface area (Å²) in [6.45, 7) is 1.20. The Labute approximate surface area is 109 Å². The number of methoxy groups -OCH3 is 1. The lowest BCUT2D eigenvalue weighted by atomic mass is 10.2. The van der Waals surface area contributed by atoms with Gasteiger partial charge in [-0.15, -0.1) is 0 Å². The van der Waals surface area contributed by atoms with Crippen molar-refractivity contribution in [2.24, 2.45) is 0 Å². The van der Waals surface area contributed by atoms with Gasteiger partial charge in [0.05, 0.1) is 0 Å². The van der Waals surface area contributed by atoms with E-state index < -0.39 is 17.8 Å². The van der Waals surface area contributed by atoms with Gasteiger partial charge >= 0.3 is 6.18 Å². The average molecular weight is 278 g/mol. The van der Waals surface area contributed by atoms with Crippen molar-refractivity contribution in [2.45, 2.75) is 25.4 Å². The molecule has 8 heteroatoms. The standard InChI is InChI=1S/C11H17F3N4O/c1-19-6-4-2-3-5-16-9-7-8(11(12,13)14)17-10(15)18-9/h7H,2-6H2,1H3,(H3,15,16,17,18). The van der Waals surface area contributed by atoms with E-state index in [1.54, 1.807) is 7.11 Å². The molecule has 1 aromatic heterocycles. The Morgan fingerprint density at radius 3 is 2.63 bits per heavy atom. The van der Waals surface area contributed by atoms with Crippen molar-refractivity contribution in [3.8, 4) is 0 Å². The first-order chi connectivity index (χ1) is 8.93. The van der Waals surface area contributed by atoms with Crippen LogP contribution < -0.4 is 11.1 Å². The Balaban J connectivity index is 2.48. The maximum Gasteiger partial charge on any atom is 0.433 e. The van der Waals surface area contributed by atoms with Crippen LogP contribution in [0.3, 0.4) is 0 Å². The SMILES string of the molecule is COCCCCCNc1cc(C(F)(F)F)nc(N)n1. The summed E-state index contributed by atoms with van der Waals surface area (Å²) in [7, 11) is 1.63. The van der Waals surface area contributed by atoms with Crippen molar-refractivity contribution in [1.82, 2.24) is 9.97 Å². The highest BCUT2D eigenvalue weighted by Crippen LogP contribution is 2.29. The highest BCUT2D eigenvalue weighted by atomic mass is 19.4. The minimum Gasteiger partial charge on any atom is -0.385 e. The Morgan fingerprint density at radius 2 is 2.00 bits per heavy atom. The Hall–Kier alpha value is -1.57. The van der Waals surface area contributed by atoms with Gasteiger partial charge in [-0.2, -0.15) is 18.2 Å². The molecule has 1 rings (SSSR count). The molecular formula is C11H17F3N4O. The third-order valence-corrected chi connectivity index (χ3v) is 2.37. The third-order valence-electron chi connectivity index (χ3n) is 2.37. The molecule has 0 unspecified atom stereocenters. The monoisotopic (exact) mass is 278 g/mol. The fourth-order valence-electron chi connectivity index (χ4n) is 1.47. The lowest BCUT2D eigenvalue weighted by Gasteiger charge is -2.10. The number of unbranched alkanes of at least 4 members (excludes halogenated alkanes) is 2. The van der Waals surface area contributed by atoms with E-state index in [1.807, 2.05) is 0 Å². The Morgan fingerprint density at radius 1 is 1.26 bits per heavy atom. The summed E-state index contributed by atoms with van der Waals surface area (Å²) in [5, 5.41) is 2.80.